The fourth-order valence-electron chi connectivity index (χ4n) is 2.65. The molecule has 2 aromatic heterocycles. The van der Waals surface area contributed by atoms with Gasteiger partial charge in [-0.1, -0.05) is 60.7 Å². The molecule has 0 bridgehead atoms. The van der Waals surface area contributed by atoms with E-state index in [0.29, 0.717) is 23.1 Å². The maximum atomic E-state index is 5.36. The lowest BCUT2D eigenvalue weighted by Crippen LogP contribution is -2.28. The average molecular weight is 371 g/mol. The minimum Gasteiger partial charge on any atom is -0.358 e. The van der Waals surface area contributed by atoms with Crippen LogP contribution in [0.3, 0.4) is 0 Å². The van der Waals surface area contributed by atoms with Gasteiger partial charge in [0.15, 0.2) is 10.8 Å². The summed E-state index contributed by atoms with van der Waals surface area (Å²) in [5.41, 5.74) is 4.27. The minimum atomic E-state index is 0.512. The van der Waals surface area contributed by atoms with Gasteiger partial charge >= 0.3 is 0 Å². The van der Waals surface area contributed by atoms with E-state index in [1.807, 2.05) is 72.8 Å². The summed E-state index contributed by atoms with van der Waals surface area (Å²) in [6.07, 6.45) is 1.76. The van der Waals surface area contributed by atoms with Crippen molar-refractivity contribution < 1.29 is 0 Å². The van der Waals surface area contributed by atoms with Crippen LogP contribution in [-0.4, -0.2) is 20.1 Å². The number of anilines is 1. The number of hydrogen-bond acceptors (Lipinski definition) is 4. The summed E-state index contributed by atoms with van der Waals surface area (Å²) in [6.45, 7) is 0.651. The van der Waals surface area contributed by atoms with Crippen molar-refractivity contribution in [3.05, 3.63) is 84.6 Å². The fourth-order valence-corrected chi connectivity index (χ4v) is 2.83. The molecular weight excluding hydrogens is 354 g/mol. The highest BCUT2D eigenvalue weighted by atomic mass is 32.1. The van der Waals surface area contributed by atoms with E-state index in [4.69, 9.17) is 12.2 Å². The van der Waals surface area contributed by atoms with Gasteiger partial charge in [0.2, 0.25) is 0 Å². The third-order valence-electron chi connectivity index (χ3n) is 4.01. The highest BCUT2D eigenvalue weighted by molar-refractivity contribution is 7.80. The molecule has 0 radical (unpaired) electrons. The molecule has 0 spiro atoms. The highest BCUT2D eigenvalue weighted by Gasteiger charge is 2.06. The number of nitrogens with zero attached hydrogens (tertiary/aromatic N) is 3. The Hall–Kier alpha value is -3.38. The largest absolute Gasteiger partial charge is 0.358 e. The molecule has 2 aromatic carbocycles. The molecule has 0 amide bonds. The Morgan fingerprint density at radius 2 is 1.59 bits per heavy atom. The van der Waals surface area contributed by atoms with Crippen molar-refractivity contribution in [1.82, 2.24) is 20.3 Å². The minimum absolute atomic E-state index is 0.512. The molecule has 0 aliphatic carbocycles. The Kier molecular flexibility index (Phi) is 4.98. The smallest absolute Gasteiger partial charge is 0.180 e. The first-order valence-corrected chi connectivity index (χ1v) is 8.97. The summed E-state index contributed by atoms with van der Waals surface area (Å²) >= 11 is 5.36. The summed E-state index contributed by atoms with van der Waals surface area (Å²) in [6, 6.07) is 23.7. The summed E-state index contributed by atoms with van der Waals surface area (Å²) in [4.78, 5) is 13.6. The maximum absolute atomic E-state index is 5.36. The fraction of sp³-hybridized carbons (Fsp3) is 0.0476. The number of pyridine rings is 1. The first-order valence-electron chi connectivity index (χ1n) is 8.56. The van der Waals surface area contributed by atoms with Crippen LogP contribution in [0, 0.1) is 0 Å². The first kappa shape index (κ1) is 17.1. The third kappa shape index (κ3) is 4.24. The van der Waals surface area contributed by atoms with Gasteiger partial charge < -0.3 is 10.6 Å². The number of rotatable bonds is 4. The number of hydrogen-bond donors (Lipinski definition) is 2. The second-order valence-corrected chi connectivity index (χ2v) is 6.36. The van der Waals surface area contributed by atoms with Crippen LogP contribution in [-0.2, 0) is 6.54 Å². The van der Waals surface area contributed by atoms with Gasteiger partial charge in [-0.2, -0.15) is 0 Å². The van der Waals surface area contributed by atoms with Gasteiger partial charge in [-0.15, -0.1) is 0 Å². The zero-order valence-electron chi connectivity index (χ0n) is 14.5. The van der Waals surface area contributed by atoms with Crippen LogP contribution in [0.4, 0.5) is 5.82 Å². The predicted molar refractivity (Wildman–Crippen MR) is 112 cm³/mol. The average Bonchev–Trinajstić information content (AvgIpc) is 2.73. The molecule has 0 saturated heterocycles. The number of aromatic nitrogens is 3. The van der Waals surface area contributed by atoms with E-state index in [1.54, 1.807) is 6.20 Å². The van der Waals surface area contributed by atoms with Crippen molar-refractivity contribution in [2.75, 3.05) is 5.32 Å². The molecule has 5 nitrogen and oxygen atoms in total. The number of benzene rings is 2. The molecule has 0 saturated carbocycles. The molecule has 27 heavy (non-hydrogen) atoms. The SMILES string of the molecule is S=C(NCc1ccccc1)Nc1ccc2ncc(-c3ccccc3)nc2n1. The Morgan fingerprint density at radius 3 is 2.37 bits per heavy atom. The van der Waals surface area contributed by atoms with E-state index in [2.05, 4.69) is 25.6 Å². The Bertz CT molecular complexity index is 1070. The van der Waals surface area contributed by atoms with Gasteiger partial charge in [0.1, 0.15) is 11.3 Å². The molecular formula is C21H17N5S. The molecule has 4 aromatic rings. The Morgan fingerprint density at radius 1 is 0.852 bits per heavy atom. The summed E-state index contributed by atoms with van der Waals surface area (Å²) < 4.78 is 0. The zero-order valence-corrected chi connectivity index (χ0v) is 15.3. The normalized spacial score (nSPS) is 10.5. The molecule has 2 N–H and O–H groups in total. The van der Waals surface area contributed by atoms with Gasteiger partial charge in [-0.3, -0.25) is 4.98 Å². The molecule has 0 fully saturated rings. The quantitative estimate of drug-likeness (QED) is 0.525. The molecule has 0 atom stereocenters. The van der Waals surface area contributed by atoms with E-state index in [-0.39, 0.29) is 0 Å². The van der Waals surface area contributed by atoms with Crippen LogP contribution >= 0.6 is 12.2 Å². The first-order chi connectivity index (χ1) is 13.3. The highest BCUT2D eigenvalue weighted by Crippen LogP contribution is 2.19. The second kappa shape index (κ2) is 7.88. The van der Waals surface area contributed by atoms with Crippen molar-refractivity contribution in [1.29, 1.82) is 0 Å². The lowest BCUT2D eigenvalue weighted by atomic mass is 10.2. The monoisotopic (exact) mass is 371 g/mol. The van der Waals surface area contributed by atoms with E-state index >= 15 is 0 Å². The van der Waals surface area contributed by atoms with Crippen LogP contribution in [0.5, 0.6) is 0 Å². The summed E-state index contributed by atoms with van der Waals surface area (Å²) in [7, 11) is 0. The number of fused-ring (bicyclic) bond motifs is 1. The van der Waals surface area contributed by atoms with Crippen LogP contribution in [0.2, 0.25) is 0 Å². The molecule has 6 heteroatoms. The zero-order chi connectivity index (χ0) is 18.5. The molecule has 0 aliphatic rings. The molecule has 2 heterocycles. The van der Waals surface area contributed by atoms with E-state index < -0.39 is 0 Å². The predicted octanol–water partition coefficient (Wildman–Crippen LogP) is 4.18. The van der Waals surface area contributed by atoms with Crippen molar-refractivity contribution in [3.8, 4) is 11.3 Å². The lowest BCUT2D eigenvalue weighted by molar-refractivity contribution is 0.925. The molecule has 132 valence electrons. The van der Waals surface area contributed by atoms with Crippen molar-refractivity contribution in [2.45, 2.75) is 6.54 Å². The van der Waals surface area contributed by atoms with Crippen molar-refractivity contribution in [3.63, 3.8) is 0 Å². The van der Waals surface area contributed by atoms with Gasteiger partial charge in [0.25, 0.3) is 0 Å². The molecule has 0 aliphatic heterocycles. The van der Waals surface area contributed by atoms with E-state index in [0.717, 1.165) is 22.3 Å². The number of thiocarbonyl (C=S) groups is 1. The van der Waals surface area contributed by atoms with Gasteiger partial charge in [0, 0.05) is 12.1 Å². The van der Waals surface area contributed by atoms with Crippen molar-refractivity contribution >= 4 is 34.3 Å². The summed E-state index contributed by atoms with van der Waals surface area (Å²) in [5, 5.41) is 6.79. The van der Waals surface area contributed by atoms with E-state index in [1.165, 1.54) is 0 Å². The summed E-state index contributed by atoms with van der Waals surface area (Å²) in [5.74, 6) is 0.632. The molecule has 4 rings (SSSR count). The Balaban J connectivity index is 1.49. The van der Waals surface area contributed by atoms with Crippen LogP contribution in [0.15, 0.2) is 79.0 Å². The number of nitrogens with one attached hydrogen (secondary N) is 2. The molecule has 0 unspecified atom stereocenters. The van der Waals surface area contributed by atoms with E-state index in [9.17, 15) is 0 Å². The van der Waals surface area contributed by atoms with Gasteiger partial charge in [-0.25, -0.2) is 9.97 Å². The second-order valence-electron chi connectivity index (χ2n) is 5.95. The van der Waals surface area contributed by atoms with Gasteiger partial charge in [-0.05, 0) is 29.9 Å². The lowest BCUT2D eigenvalue weighted by Gasteiger charge is -2.10. The Labute approximate surface area is 162 Å². The van der Waals surface area contributed by atoms with Gasteiger partial charge in [0.05, 0.1) is 11.9 Å². The van der Waals surface area contributed by atoms with Crippen LogP contribution in [0.1, 0.15) is 5.56 Å². The van der Waals surface area contributed by atoms with Crippen LogP contribution in [0.25, 0.3) is 22.4 Å². The van der Waals surface area contributed by atoms with Crippen LogP contribution < -0.4 is 10.6 Å². The standard InChI is InChI=1S/C21H17N5S/c27-21(23-13-15-7-3-1-4-8-15)26-19-12-11-17-20(25-19)24-18(14-22-17)16-9-5-2-6-10-16/h1-12,14H,13H2,(H2,23,24,25,26,27). The third-order valence-corrected chi connectivity index (χ3v) is 4.26. The maximum Gasteiger partial charge on any atom is 0.180 e. The van der Waals surface area contributed by atoms with Crippen molar-refractivity contribution in [2.24, 2.45) is 0 Å². The topological polar surface area (TPSA) is 62.7 Å².